The van der Waals surface area contributed by atoms with E-state index >= 15 is 0 Å². The molecule has 2 heterocycles. The molecule has 0 aromatic carbocycles. The van der Waals surface area contributed by atoms with Crippen LogP contribution in [0.2, 0.25) is 0 Å². The summed E-state index contributed by atoms with van der Waals surface area (Å²) in [7, 11) is 0. The number of aliphatic imine (C=N–C) groups is 1. The molecule has 0 spiro atoms. The zero-order chi connectivity index (χ0) is 34.0. The van der Waals surface area contributed by atoms with Gasteiger partial charge in [-0.25, -0.2) is 0 Å². The van der Waals surface area contributed by atoms with Crippen LogP contribution in [0.4, 0.5) is 0 Å². The number of aliphatic hydroxyl groups is 1. The normalized spacial score (nSPS) is 34.6. The van der Waals surface area contributed by atoms with Gasteiger partial charge in [-0.3, -0.25) is 38.5 Å². The van der Waals surface area contributed by atoms with Crippen molar-refractivity contribution < 1.29 is 76.6 Å². The Morgan fingerprint density at radius 3 is 1.71 bits per heavy atom. The summed E-state index contributed by atoms with van der Waals surface area (Å²) in [6.45, 7) is 8.10. The number of carbonyl (C=O) groups is 7. The van der Waals surface area contributed by atoms with Gasteiger partial charge in [-0.1, -0.05) is 0 Å². The fourth-order valence-electron chi connectivity index (χ4n) is 5.57. The highest BCUT2D eigenvalue weighted by Gasteiger charge is 2.71. The van der Waals surface area contributed by atoms with Gasteiger partial charge in [0.05, 0.1) is 6.10 Å². The van der Waals surface area contributed by atoms with Crippen molar-refractivity contribution in [1.29, 1.82) is 0 Å². The van der Waals surface area contributed by atoms with E-state index in [1.54, 1.807) is 0 Å². The van der Waals surface area contributed by atoms with Crippen molar-refractivity contribution in [1.82, 2.24) is 4.90 Å². The summed E-state index contributed by atoms with van der Waals surface area (Å²) >= 11 is 0. The Morgan fingerprint density at radius 2 is 1.22 bits per heavy atom. The smallest absolute Gasteiger partial charge is 0.303 e. The highest BCUT2D eigenvalue weighted by Crippen LogP contribution is 2.45. The first-order chi connectivity index (χ1) is 20.9. The molecule has 2 saturated heterocycles. The number of amidine groups is 1. The third-order valence-electron chi connectivity index (χ3n) is 6.99. The number of nitrogens with zero attached hydrogens (tertiary/aromatic N) is 2. The fraction of sp³-hybridized carbons (Fsp3) is 0.704. The molecule has 10 atom stereocenters. The summed E-state index contributed by atoms with van der Waals surface area (Å²) in [5.74, 6) is -5.79. The number of hydrogen-bond donors (Lipinski definition) is 1. The van der Waals surface area contributed by atoms with Crippen molar-refractivity contribution in [3.63, 3.8) is 0 Å². The lowest BCUT2D eigenvalue weighted by atomic mass is 9.94. The maximum Gasteiger partial charge on any atom is 0.303 e. The van der Waals surface area contributed by atoms with Crippen molar-refractivity contribution in [2.24, 2.45) is 4.99 Å². The van der Waals surface area contributed by atoms with Gasteiger partial charge in [-0.15, -0.1) is 0 Å². The largest absolute Gasteiger partial charge is 0.463 e. The molecular formula is C27H36N2O16. The molecular weight excluding hydrogens is 608 g/mol. The average Bonchev–Trinajstić information content (AvgIpc) is 3.36. The van der Waals surface area contributed by atoms with Crippen molar-refractivity contribution in [3.05, 3.63) is 0 Å². The molecule has 45 heavy (non-hydrogen) atoms. The predicted octanol–water partition coefficient (Wildman–Crippen LogP) is -1.33. The summed E-state index contributed by atoms with van der Waals surface area (Å²) in [6, 6.07) is -2.05. The minimum Gasteiger partial charge on any atom is -0.463 e. The van der Waals surface area contributed by atoms with Crippen LogP contribution in [-0.2, 0) is 71.5 Å². The van der Waals surface area contributed by atoms with E-state index in [9.17, 15) is 38.7 Å². The van der Waals surface area contributed by atoms with Gasteiger partial charge in [0.25, 0.3) is 6.02 Å². The number of esters is 6. The molecule has 18 heteroatoms. The second kappa shape index (κ2) is 13.8. The second-order valence-corrected chi connectivity index (χ2v) is 10.7. The van der Waals surface area contributed by atoms with Gasteiger partial charge in [0, 0.05) is 48.5 Å². The molecule has 1 amide bonds. The summed E-state index contributed by atoms with van der Waals surface area (Å²) in [5, 5.41) is 11.9. The van der Waals surface area contributed by atoms with E-state index in [1.807, 2.05) is 0 Å². The Balaban J connectivity index is 2.16. The Kier molecular flexibility index (Phi) is 10.8. The third-order valence-corrected chi connectivity index (χ3v) is 6.99. The van der Waals surface area contributed by atoms with Crippen molar-refractivity contribution in [2.75, 3.05) is 6.61 Å². The van der Waals surface area contributed by atoms with E-state index in [0.717, 1.165) is 53.4 Å². The number of hydrogen-bond acceptors (Lipinski definition) is 17. The maximum atomic E-state index is 13.1. The number of rotatable bonds is 8. The first kappa shape index (κ1) is 35.2. The molecule has 0 aromatic heterocycles. The van der Waals surface area contributed by atoms with Gasteiger partial charge >= 0.3 is 35.8 Å². The molecule has 2 aliphatic heterocycles. The van der Waals surface area contributed by atoms with Crippen molar-refractivity contribution in [2.45, 2.75) is 116 Å². The Bertz CT molecular complexity index is 1270. The Labute approximate surface area is 257 Å². The topological polar surface area (TPSA) is 229 Å². The summed E-state index contributed by atoms with van der Waals surface area (Å²) in [6.07, 6.45) is -11.4. The second-order valence-electron chi connectivity index (χ2n) is 10.7. The first-order valence-electron chi connectivity index (χ1n) is 13.8. The van der Waals surface area contributed by atoms with Crippen LogP contribution in [0.25, 0.3) is 0 Å². The zero-order valence-electron chi connectivity index (χ0n) is 25.9. The van der Waals surface area contributed by atoms with Gasteiger partial charge < -0.3 is 43.0 Å². The zero-order valence-corrected chi connectivity index (χ0v) is 25.9. The standard InChI is InChI=1S/C27H36N2O16/c1-10-18(40-13(4)32)19(41-14(5)33)22(43-16(7)35)25(39-10)28-26-29(11(2)30)23-20(45-26)21(42-15(6)34)24(44-17(8)36)27(23,37)9-38-12(3)31/h10,18-25,37H,9H2,1-8H3/b28-26-/t10-,18-,19+,20-,21-,22-,23-,24+,25+,27+/m1/s1. The van der Waals surface area contributed by atoms with Crippen LogP contribution >= 0.6 is 0 Å². The summed E-state index contributed by atoms with van der Waals surface area (Å²) < 4.78 is 43.6. The molecule has 3 aliphatic rings. The van der Waals surface area contributed by atoms with Crippen LogP contribution in [0, 0.1) is 0 Å². The van der Waals surface area contributed by atoms with Gasteiger partial charge in [-0.05, 0) is 6.92 Å². The summed E-state index contributed by atoms with van der Waals surface area (Å²) in [4.78, 5) is 90.1. The van der Waals surface area contributed by atoms with Crippen LogP contribution < -0.4 is 0 Å². The lowest BCUT2D eigenvalue weighted by Gasteiger charge is -2.42. The number of amides is 1. The van der Waals surface area contributed by atoms with Crippen LogP contribution in [0.1, 0.15) is 55.4 Å². The molecule has 250 valence electrons. The van der Waals surface area contributed by atoms with E-state index in [0.29, 0.717) is 0 Å². The molecule has 1 saturated carbocycles. The quantitative estimate of drug-likeness (QED) is 0.238. The van der Waals surface area contributed by atoms with E-state index in [1.165, 1.54) is 6.92 Å². The molecule has 0 aromatic rings. The van der Waals surface area contributed by atoms with Gasteiger partial charge in [0.1, 0.15) is 12.6 Å². The van der Waals surface area contributed by atoms with Crippen LogP contribution in [0.15, 0.2) is 4.99 Å². The van der Waals surface area contributed by atoms with E-state index in [4.69, 9.17) is 37.9 Å². The maximum absolute atomic E-state index is 13.1. The van der Waals surface area contributed by atoms with Gasteiger partial charge in [-0.2, -0.15) is 4.99 Å². The molecule has 3 rings (SSSR count). The fourth-order valence-corrected chi connectivity index (χ4v) is 5.57. The number of ether oxygens (including phenoxy) is 8. The average molecular weight is 645 g/mol. The lowest BCUT2D eigenvalue weighted by molar-refractivity contribution is -0.242. The van der Waals surface area contributed by atoms with E-state index in [-0.39, 0.29) is 0 Å². The van der Waals surface area contributed by atoms with Crippen LogP contribution in [0.3, 0.4) is 0 Å². The minimum atomic E-state index is -2.40. The predicted molar refractivity (Wildman–Crippen MR) is 142 cm³/mol. The molecule has 0 bridgehead atoms. The number of carbonyl (C=O) groups excluding carboxylic acids is 7. The molecule has 1 aliphatic carbocycles. The van der Waals surface area contributed by atoms with Crippen LogP contribution in [-0.4, -0.2) is 125 Å². The lowest BCUT2D eigenvalue weighted by Crippen LogP contribution is -2.61. The molecule has 0 radical (unpaired) electrons. The highest BCUT2D eigenvalue weighted by atomic mass is 16.7. The SMILES string of the molecule is CC(=O)OC[C@@]1(O)[C@@H](OC(C)=O)[C@H](OC(C)=O)[C@H]2O/C(=N\[C@H]3O[C@H](C)[C@@H](OC(C)=O)[C@H](OC(C)=O)[C@H]3OC(C)=O)N(C(C)=O)[C@H]21. The van der Waals surface area contributed by atoms with Gasteiger partial charge in [0.2, 0.25) is 5.91 Å². The van der Waals surface area contributed by atoms with E-state index in [2.05, 4.69) is 4.99 Å². The van der Waals surface area contributed by atoms with Crippen molar-refractivity contribution in [3.8, 4) is 0 Å². The third kappa shape index (κ3) is 7.67. The molecule has 1 N–H and O–H groups in total. The van der Waals surface area contributed by atoms with Gasteiger partial charge in [0.15, 0.2) is 48.5 Å². The van der Waals surface area contributed by atoms with Crippen molar-refractivity contribution >= 4 is 47.7 Å². The Morgan fingerprint density at radius 1 is 0.733 bits per heavy atom. The Hall–Kier alpha value is -4.32. The summed E-state index contributed by atoms with van der Waals surface area (Å²) in [5.41, 5.74) is -2.40. The van der Waals surface area contributed by atoms with Crippen LogP contribution in [0.5, 0.6) is 0 Å². The van der Waals surface area contributed by atoms with E-state index < -0.39 is 115 Å². The first-order valence-corrected chi connectivity index (χ1v) is 13.8. The minimum absolute atomic E-state index is 0.529. The molecule has 0 unspecified atom stereocenters. The highest BCUT2D eigenvalue weighted by molar-refractivity contribution is 5.96. The molecule has 18 nitrogen and oxygen atoms in total. The number of fused-ring (bicyclic) bond motifs is 1. The molecule has 3 fully saturated rings. The monoisotopic (exact) mass is 644 g/mol.